The molecule has 6 nitrogen and oxygen atoms in total. The fourth-order valence-corrected chi connectivity index (χ4v) is 1.66. The average molecular weight is 303 g/mol. The molecule has 1 unspecified atom stereocenters. The SMILES string of the molecule is CCCNc1ncc(Cl)c(NCC(C)(O)CCOC)n1. The van der Waals surface area contributed by atoms with E-state index in [2.05, 4.69) is 27.5 Å². The third-order valence-electron chi connectivity index (χ3n) is 2.76. The van der Waals surface area contributed by atoms with Crippen LogP contribution in [0.3, 0.4) is 0 Å². The second kappa shape index (κ2) is 8.24. The topological polar surface area (TPSA) is 79.3 Å². The molecule has 0 fully saturated rings. The van der Waals surface area contributed by atoms with Gasteiger partial charge in [-0.1, -0.05) is 18.5 Å². The summed E-state index contributed by atoms with van der Waals surface area (Å²) in [5, 5.41) is 16.7. The van der Waals surface area contributed by atoms with Crippen molar-refractivity contribution in [3.8, 4) is 0 Å². The van der Waals surface area contributed by atoms with Crippen LogP contribution in [0.1, 0.15) is 26.7 Å². The molecule has 1 rings (SSSR count). The average Bonchev–Trinajstić information content (AvgIpc) is 2.43. The molecule has 0 saturated carbocycles. The van der Waals surface area contributed by atoms with Crippen molar-refractivity contribution in [2.45, 2.75) is 32.3 Å². The van der Waals surface area contributed by atoms with E-state index in [1.807, 2.05) is 0 Å². The van der Waals surface area contributed by atoms with E-state index in [4.69, 9.17) is 16.3 Å². The standard InChI is InChI=1S/C13H23ClN4O2/c1-4-6-15-12-16-8-10(14)11(18-12)17-9-13(2,19)5-7-20-3/h8,19H,4-7,9H2,1-3H3,(H2,15,16,17,18). The molecule has 0 amide bonds. The maximum Gasteiger partial charge on any atom is 0.224 e. The maximum atomic E-state index is 10.2. The van der Waals surface area contributed by atoms with Gasteiger partial charge in [-0.15, -0.1) is 0 Å². The number of aliphatic hydroxyl groups is 1. The molecule has 0 aromatic carbocycles. The molecular weight excluding hydrogens is 280 g/mol. The van der Waals surface area contributed by atoms with Crippen LogP contribution in [0, 0.1) is 0 Å². The molecule has 1 heterocycles. The summed E-state index contributed by atoms with van der Waals surface area (Å²) in [6, 6.07) is 0. The lowest BCUT2D eigenvalue weighted by Gasteiger charge is -2.23. The van der Waals surface area contributed by atoms with Gasteiger partial charge in [-0.2, -0.15) is 4.98 Å². The number of anilines is 2. The van der Waals surface area contributed by atoms with Gasteiger partial charge in [0, 0.05) is 33.2 Å². The highest BCUT2D eigenvalue weighted by molar-refractivity contribution is 6.32. The van der Waals surface area contributed by atoms with Gasteiger partial charge >= 0.3 is 0 Å². The van der Waals surface area contributed by atoms with Crippen molar-refractivity contribution in [3.63, 3.8) is 0 Å². The Kier molecular flexibility index (Phi) is 6.98. The molecule has 7 heteroatoms. The van der Waals surface area contributed by atoms with E-state index < -0.39 is 5.60 Å². The van der Waals surface area contributed by atoms with Crippen molar-refractivity contribution in [3.05, 3.63) is 11.2 Å². The first-order valence-corrected chi connectivity index (χ1v) is 7.08. The Morgan fingerprint density at radius 3 is 2.85 bits per heavy atom. The Balaban J connectivity index is 2.61. The van der Waals surface area contributed by atoms with E-state index in [1.165, 1.54) is 0 Å². The van der Waals surface area contributed by atoms with E-state index >= 15 is 0 Å². The highest BCUT2D eigenvalue weighted by Gasteiger charge is 2.20. The number of aromatic nitrogens is 2. The Bertz CT molecular complexity index is 415. The van der Waals surface area contributed by atoms with Crippen molar-refractivity contribution in [1.82, 2.24) is 9.97 Å². The van der Waals surface area contributed by atoms with Gasteiger partial charge in [-0.25, -0.2) is 4.98 Å². The van der Waals surface area contributed by atoms with Crippen molar-refractivity contribution < 1.29 is 9.84 Å². The van der Waals surface area contributed by atoms with Crippen molar-refractivity contribution in [1.29, 1.82) is 0 Å². The predicted molar refractivity (Wildman–Crippen MR) is 81.4 cm³/mol. The smallest absolute Gasteiger partial charge is 0.224 e. The quantitative estimate of drug-likeness (QED) is 0.649. The number of methoxy groups -OCH3 is 1. The van der Waals surface area contributed by atoms with Crippen molar-refractivity contribution >= 4 is 23.4 Å². The summed E-state index contributed by atoms with van der Waals surface area (Å²) in [7, 11) is 1.61. The largest absolute Gasteiger partial charge is 0.388 e. The second-order valence-electron chi connectivity index (χ2n) is 4.91. The lowest BCUT2D eigenvalue weighted by atomic mass is 10.0. The third-order valence-corrected chi connectivity index (χ3v) is 3.04. The van der Waals surface area contributed by atoms with Crippen LogP contribution >= 0.6 is 11.6 Å². The second-order valence-corrected chi connectivity index (χ2v) is 5.32. The summed E-state index contributed by atoms with van der Waals surface area (Å²) < 4.78 is 4.97. The third kappa shape index (κ3) is 5.90. The number of rotatable bonds is 9. The lowest BCUT2D eigenvalue weighted by Crippen LogP contribution is -2.35. The molecule has 1 aromatic heterocycles. The van der Waals surface area contributed by atoms with Gasteiger partial charge in [0.15, 0.2) is 5.82 Å². The lowest BCUT2D eigenvalue weighted by molar-refractivity contribution is 0.0357. The number of nitrogens with zero attached hydrogens (tertiary/aromatic N) is 2. The van der Waals surface area contributed by atoms with Crippen LogP contribution < -0.4 is 10.6 Å². The number of hydrogen-bond acceptors (Lipinski definition) is 6. The van der Waals surface area contributed by atoms with Gasteiger partial charge in [0.2, 0.25) is 5.95 Å². The van der Waals surface area contributed by atoms with E-state index in [-0.39, 0.29) is 0 Å². The minimum atomic E-state index is -0.888. The summed E-state index contributed by atoms with van der Waals surface area (Å²) in [6.07, 6.45) is 3.05. The minimum Gasteiger partial charge on any atom is -0.388 e. The molecule has 0 radical (unpaired) electrons. The first-order valence-electron chi connectivity index (χ1n) is 6.70. The zero-order chi connectivity index (χ0) is 15.0. The van der Waals surface area contributed by atoms with Crippen molar-refractivity contribution in [2.24, 2.45) is 0 Å². The maximum absolute atomic E-state index is 10.2. The minimum absolute atomic E-state index is 0.334. The summed E-state index contributed by atoms with van der Waals surface area (Å²) in [5.41, 5.74) is -0.888. The highest BCUT2D eigenvalue weighted by atomic mass is 35.5. The first-order chi connectivity index (χ1) is 9.48. The molecule has 0 spiro atoms. The highest BCUT2D eigenvalue weighted by Crippen LogP contribution is 2.20. The van der Waals surface area contributed by atoms with Gasteiger partial charge < -0.3 is 20.5 Å². The predicted octanol–water partition coefficient (Wildman–Crippen LogP) is 2.15. The van der Waals surface area contributed by atoms with Gasteiger partial charge in [0.25, 0.3) is 0 Å². The van der Waals surface area contributed by atoms with Crippen LogP contribution in [-0.2, 0) is 4.74 Å². The molecule has 0 bridgehead atoms. The Morgan fingerprint density at radius 2 is 2.20 bits per heavy atom. The molecule has 1 aromatic rings. The van der Waals surface area contributed by atoms with Crippen molar-refractivity contribution in [2.75, 3.05) is 37.4 Å². The monoisotopic (exact) mass is 302 g/mol. The number of halogens is 1. The molecule has 0 aliphatic carbocycles. The number of ether oxygens (including phenoxy) is 1. The molecule has 20 heavy (non-hydrogen) atoms. The first kappa shape index (κ1) is 16.9. The molecule has 1 atom stereocenters. The molecule has 3 N–H and O–H groups in total. The summed E-state index contributed by atoms with van der Waals surface area (Å²) in [4.78, 5) is 8.38. The number of hydrogen-bond donors (Lipinski definition) is 3. The van der Waals surface area contributed by atoms with Gasteiger partial charge in [0.1, 0.15) is 5.02 Å². The molecule has 0 aliphatic heterocycles. The zero-order valence-electron chi connectivity index (χ0n) is 12.2. The molecule has 114 valence electrons. The van der Waals surface area contributed by atoms with E-state index in [1.54, 1.807) is 20.2 Å². The Hall–Kier alpha value is -1.11. The molecular formula is C13H23ClN4O2. The zero-order valence-corrected chi connectivity index (χ0v) is 13.0. The summed E-state index contributed by atoms with van der Waals surface area (Å²) >= 11 is 6.04. The van der Waals surface area contributed by atoms with Crippen LogP contribution in [0.25, 0.3) is 0 Å². The summed E-state index contributed by atoms with van der Waals surface area (Å²) in [5.74, 6) is 1.04. The van der Waals surface area contributed by atoms with Crippen LogP contribution in [0.15, 0.2) is 6.20 Å². The van der Waals surface area contributed by atoms with Crippen LogP contribution in [0.4, 0.5) is 11.8 Å². The van der Waals surface area contributed by atoms with Crippen LogP contribution in [0.2, 0.25) is 5.02 Å². The Labute approximate surface area is 124 Å². The van der Waals surface area contributed by atoms with Gasteiger partial charge in [-0.3, -0.25) is 0 Å². The van der Waals surface area contributed by atoms with Crippen LogP contribution in [0.5, 0.6) is 0 Å². The molecule has 0 saturated heterocycles. The molecule has 0 aliphatic rings. The fourth-order valence-electron chi connectivity index (χ4n) is 1.50. The van der Waals surface area contributed by atoms with Gasteiger partial charge in [0.05, 0.1) is 11.8 Å². The Morgan fingerprint density at radius 1 is 1.45 bits per heavy atom. The summed E-state index contributed by atoms with van der Waals surface area (Å²) in [6.45, 7) is 5.43. The van der Waals surface area contributed by atoms with E-state index in [0.29, 0.717) is 36.4 Å². The fraction of sp³-hybridized carbons (Fsp3) is 0.692. The van der Waals surface area contributed by atoms with E-state index in [0.717, 1.165) is 13.0 Å². The van der Waals surface area contributed by atoms with E-state index in [9.17, 15) is 5.11 Å². The van der Waals surface area contributed by atoms with Crippen LogP contribution in [-0.4, -0.2) is 47.5 Å². The normalized spacial score (nSPS) is 13.8. The number of nitrogens with one attached hydrogen (secondary N) is 2. The van der Waals surface area contributed by atoms with Gasteiger partial charge in [-0.05, 0) is 13.3 Å².